The molecule has 0 amide bonds. The summed E-state index contributed by atoms with van der Waals surface area (Å²) in [7, 11) is 0. The van der Waals surface area contributed by atoms with Gasteiger partial charge in [-0.1, -0.05) is 6.92 Å². The van der Waals surface area contributed by atoms with Crippen molar-refractivity contribution in [3.8, 4) is 0 Å². The van der Waals surface area contributed by atoms with Gasteiger partial charge in [-0.05, 0) is 66.3 Å². The molecule has 1 saturated heterocycles. The van der Waals surface area contributed by atoms with Crippen LogP contribution in [0.3, 0.4) is 0 Å². The summed E-state index contributed by atoms with van der Waals surface area (Å²) < 4.78 is 1.07. The average molecular weight is 312 g/mol. The number of aryl methyl sites for hydroxylation is 1. The number of pyridine rings is 1. The van der Waals surface area contributed by atoms with Gasteiger partial charge in [0.25, 0.3) is 0 Å². The number of aromatic nitrogens is 1. The van der Waals surface area contributed by atoms with Gasteiger partial charge in [-0.2, -0.15) is 0 Å². The zero-order valence-electron chi connectivity index (χ0n) is 11.2. The summed E-state index contributed by atoms with van der Waals surface area (Å²) in [6, 6.07) is 2.09. The van der Waals surface area contributed by atoms with E-state index in [-0.39, 0.29) is 0 Å². The molecule has 2 rings (SSSR count). The normalized spacial score (nSPS) is 17.9. The van der Waals surface area contributed by atoms with Gasteiger partial charge in [-0.15, -0.1) is 0 Å². The number of anilines is 1. The van der Waals surface area contributed by atoms with Gasteiger partial charge in [-0.25, -0.2) is 4.98 Å². The zero-order chi connectivity index (χ0) is 13.0. The summed E-state index contributed by atoms with van der Waals surface area (Å²) in [6.07, 6.45) is 4.60. The summed E-state index contributed by atoms with van der Waals surface area (Å²) in [6.45, 7) is 9.13. The Morgan fingerprint density at radius 1 is 1.44 bits per heavy atom. The number of nitrogens with one attached hydrogen (secondary N) is 1. The number of likely N-dealkylation sites (tertiary alicyclic amines) is 1. The van der Waals surface area contributed by atoms with Gasteiger partial charge in [-0.3, -0.25) is 0 Å². The maximum atomic E-state index is 4.37. The Hall–Kier alpha value is -0.610. The summed E-state index contributed by atoms with van der Waals surface area (Å²) in [5.74, 6) is 1.64. The van der Waals surface area contributed by atoms with Gasteiger partial charge in [0, 0.05) is 23.8 Å². The molecule has 1 aliphatic heterocycles. The fraction of sp³-hybridized carbons (Fsp3) is 0.643. The zero-order valence-corrected chi connectivity index (χ0v) is 12.8. The van der Waals surface area contributed by atoms with E-state index in [0.29, 0.717) is 5.92 Å². The SMILES string of the molecule is Cc1cc(NCC(C)CN2CCCC2)ncc1Br. The predicted molar refractivity (Wildman–Crippen MR) is 80.0 cm³/mol. The molecule has 2 heterocycles. The lowest BCUT2D eigenvalue weighted by Gasteiger charge is -2.20. The largest absolute Gasteiger partial charge is 0.370 e. The van der Waals surface area contributed by atoms with Crippen LogP contribution in [-0.2, 0) is 0 Å². The van der Waals surface area contributed by atoms with Crippen molar-refractivity contribution < 1.29 is 0 Å². The lowest BCUT2D eigenvalue weighted by Crippen LogP contribution is -2.29. The number of halogens is 1. The Bertz CT molecular complexity index is 389. The van der Waals surface area contributed by atoms with Crippen LogP contribution in [0.1, 0.15) is 25.3 Å². The van der Waals surface area contributed by atoms with Crippen molar-refractivity contribution in [1.82, 2.24) is 9.88 Å². The molecule has 0 aromatic carbocycles. The second-order valence-corrected chi connectivity index (χ2v) is 6.17. The minimum Gasteiger partial charge on any atom is -0.370 e. The molecule has 0 saturated carbocycles. The second-order valence-electron chi connectivity index (χ2n) is 5.31. The maximum absolute atomic E-state index is 4.37. The van der Waals surface area contributed by atoms with Gasteiger partial charge in [0.15, 0.2) is 0 Å². The van der Waals surface area contributed by atoms with Crippen molar-refractivity contribution >= 4 is 21.7 Å². The van der Waals surface area contributed by atoms with E-state index in [0.717, 1.165) is 16.8 Å². The van der Waals surface area contributed by atoms with Crippen molar-refractivity contribution in [2.45, 2.75) is 26.7 Å². The van der Waals surface area contributed by atoms with Crippen LogP contribution in [0.15, 0.2) is 16.7 Å². The average Bonchev–Trinajstić information content (AvgIpc) is 2.83. The number of rotatable bonds is 5. The molecule has 1 unspecified atom stereocenters. The molecule has 1 aromatic rings. The van der Waals surface area contributed by atoms with Crippen LogP contribution in [0.2, 0.25) is 0 Å². The molecule has 0 aliphatic carbocycles. The van der Waals surface area contributed by atoms with Gasteiger partial charge in [0.05, 0.1) is 0 Å². The van der Waals surface area contributed by atoms with Crippen LogP contribution in [0.25, 0.3) is 0 Å². The van der Waals surface area contributed by atoms with E-state index in [2.05, 4.69) is 51.0 Å². The number of hydrogen-bond acceptors (Lipinski definition) is 3. The van der Waals surface area contributed by atoms with Crippen LogP contribution >= 0.6 is 15.9 Å². The third-order valence-electron chi connectivity index (χ3n) is 3.45. The van der Waals surface area contributed by atoms with E-state index in [9.17, 15) is 0 Å². The topological polar surface area (TPSA) is 28.2 Å². The Labute approximate surface area is 118 Å². The molecule has 1 aliphatic rings. The molecule has 0 spiro atoms. The van der Waals surface area contributed by atoms with Gasteiger partial charge in [0.2, 0.25) is 0 Å². The fourth-order valence-corrected chi connectivity index (χ4v) is 2.60. The molecule has 1 atom stereocenters. The number of hydrogen-bond donors (Lipinski definition) is 1. The van der Waals surface area contributed by atoms with Crippen LogP contribution in [-0.4, -0.2) is 36.1 Å². The van der Waals surface area contributed by atoms with Crippen LogP contribution in [0.5, 0.6) is 0 Å². The van der Waals surface area contributed by atoms with E-state index in [1.807, 2.05) is 6.20 Å². The standard InChI is InChI=1S/C14H22BrN3/c1-11(10-18-5-3-4-6-18)8-16-14-7-12(2)13(15)9-17-14/h7,9,11H,3-6,8,10H2,1-2H3,(H,16,17). The van der Waals surface area contributed by atoms with E-state index in [1.165, 1.54) is 38.0 Å². The van der Waals surface area contributed by atoms with Crippen molar-refractivity contribution in [2.24, 2.45) is 5.92 Å². The van der Waals surface area contributed by atoms with Gasteiger partial charge < -0.3 is 10.2 Å². The summed E-state index contributed by atoms with van der Waals surface area (Å²) >= 11 is 3.47. The molecule has 0 bridgehead atoms. The first kappa shape index (κ1) is 13.8. The Morgan fingerprint density at radius 2 is 2.17 bits per heavy atom. The van der Waals surface area contributed by atoms with E-state index >= 15 is 0 Å². The highest BCUT2D eigenvalue weighted by molar-refractivity contribution is 9.10. The van der Waals surface area contributed by atoms with Gasteiger partial charge >= 0.3 is 0 Å². The highest BCUT2D eigenvalue weighted by Gasteiger charge is 2.14. The highest BCUT2D eigenvalue weighted by atomic mass is 79.9. The highest BCUT2D eigenvalue weighted by Crippen LogP contribution is 2.17. The van der Waals surface area contributed by atoms with Gasteiger partial charge in [0.1, 0.15) is 5.82 Å². The molecule has 1 fully saturated rings. The third kappa shape index (κ3) is 3.95. The summed E-state index contributed by atoms with van der Waals surface area (Å²) in [5.41, 5.74) is 1.22. The molecule has 0 radical (unpaired) electrons. The van der Waals surface area contributed by atoms with Crippen LogP contribution in [0.4, 0.5) is 5.82 Å². The van der Waals surface area contributed by atoms with Crippen LogP contribution in [0, 0.1) is 12.8 Å². The first-order valence-electron chi connectivity index (χ1n) is 6.73. The molecule has 3 nitrogen and oxygen atoms in total. The van der Waals surface area contributed by atoms with E-state index in [4.69, 9.17) is 0 Å². The first-order chi connectivity index (χ1) is 8.65. The Kier molecular flexibility index (Phi) is 5.01. The molecule has 1 aromatic heterocycles. The summed E-state index contributed by atoms with van der Waals surface area (Å²) in [4.78, 5) is 6.93. The lowest BCUT2D eigenvalue weighted by atomic mass is 10.1. The maximum Gasteiger partial charge on any atom is 0.126 e. The minimum absolute atomic E-state index is 0.661. The Balaban J connectivity index is 1.77. The second kappa shape index (κ2) is 6.53. The Morgan fingerprint density at radius 3 is 2.83 bits per heavy atom. The smallest absolute Gasteiger partial charge is 0.126 e. The number of nitrogens with zero attached hydrogens (tertiary/aromatic N) is 2. The fourth-order valence-electron chi connectivity index (χ4n) is 2.39. The molecule has 4 heteroatoms. The lowest BCUT2D eigenvalue weighted by molar-refractivity contribution is 0.294. The molecule has 1 N–H and O–H groups in total. The van der Waals surface area contributed by atoms with Crippen LogP contribution < -0.4 is 5.32 Å². The predicted octanol–water partition coefficient (Wildman–Crippen LogP) is 3.30. The molecule has 18 heavy (non-hydrogen) atoms. The molecular formula is C14H22BrN3. The van der Waals surface area contributed by atoms with Crippen molar-refractivity contribution in [2.75, 3.05) is 31.5 Å². The molecular weight excluding hydrogens is 290 g/mol. The van der Waals surface area contributed by atoms with Crippen molar-refractivity contribution in [3.05, 3.63) is 22.3 Å². The van der Waals surface area contributed by atoms with Crippen molar-refractivity contribution in [3.63, 3.8) is 0 Å². The van der Waals surface area contributed by atoms with E-state index in [1.54, 1.807) is 0 Å². The quantitative estimate of drug-likeness (QED) is 0.904. The van der Waals surface area contributed by atoms with E-state index < -0.39 is 0 Å². The first-order valence-corrected chi connectivity index (χ1v) is 7.53. The summed E-state index contributed by atoms with van der Waals surface area (Å²) in [5, 5.41) is 3.43. The molecule has 100 valence electrons. The van der Waals surface area contributed by atoms with Crippen molar-refractivity contribution in [1.29, 1.82) is 0 Å². The minimum atomic E-state index is 0.661. The monoisotopic (exact) mass is 311 g/mol. The third-order valence-corrected chi connectivity index (χ3v) is 4.28.